The van der Waals surface area contributed by atoms with E-state index in [1.807, 2.05) is 19.9 Å². The van der Waals surface area contributed by atoms with E-state index in [-0.39, 0.29) is 10.8 Å². The second-order valence-corrected chi connectivity index (χ2v) is 8.83. The van der Waals surface area contributed by atoms with E-state index < -0.39 is 28.2 Å². The Kier molecular flexibility index (Phi) is 5.45. The van der Waals surface area contributed by atoms with Crippen LogP contribution in [0.1, 0.15) is 16.7 Å². The Hall–Kier alpha value is -2.49. The van der Waals surface area contributed by atoms with Crippen LogP contribution in [-0.2, 0) is 26.2 Å². The summed E-state index contributed by atoms with van der Waals surface area (Å²) in [5, 5.41) is 2.30. The first-order valence-corrected chi connectivity index (χ1v) is 10.4. The van der Waals surface area contributed by atoms with E-state index >= 15 is 0 Å². The molecule has 0 saturated heterocycles. The fraction of sp³-hybridized carbons (Fsp3) is 0.222. The number of sulfonamides is 1. The molecule has 1 aromatic carbocycles. The highest BCUT2D eigenvalue weighted by atomic mass is 32.2. The molecule has 1 N–H and O–H groups in total. The van der Waals surface area contributed by atoms with Crippen LogP contribution >= 0.6 is 11.3 Å². The molecule has 0 amide bonds. The number of thiophene rings is 1. The maximum atomic E-state index is 12.0. The van der Waals surface area contributed by atoms with Gasteiger partial charge >= 0.3 is 11.6 Å². The number of benzene rings is 1. The highest BCUT2D eigenvalue weighted by Crippen LogP contribution is 2.23. The summed E-state index contributed by atoms with van der Waals surface area (Å²) in [6.45, 7) is 3.08. The van der Waals surface area contributed by atoms with Gasteiger partial charge in [0.05, 0.1) is 0 Å². The number of hydrogen-bond donors (Lipinski definition) is 1. The molecule has 9 heteroatoms. The molecule has 7 nitrogen and oxygen atoms in total. The SMILES string of the molecule is Cc1ccc2c(COC(=O)CNS(=O)(=O)c3cccs3)cc(=O)oc2c1C. The van der Waals surface area contributed by atoms with E-state index in [0.29, 0.717) is 16.5 Å². The van der Waals surface area contributed by atoms with Crippen molar-refractivity contribution >= 4 is 38.3 Å². The fourth-order valence-electron chi connectivity index (χ4n) is 2.49. The Morgan fingerprint density at radius 1 is 1.26 bits per heavy atom. The summed E-state index contributed by atoms with van der Waals surface area (Å²) in [7, 11) is -3.74. The van der Waals surface area contributed by atoms with Gasteiger partial charge in [-0.2, -0.15) is 4.72 Å². The molecule has 2 aromatic heterocycles. The summed E-state index contributed by atoms with van der Waals surface area (Å²) in [6, 6.07) is 7.99. The molecule has 0 aliphatic carbocycles. The van der Waals surface area contributed by atoms with Crippen molar-refractivity contribution in [1.29, 1.82) is 0 Å². The van der Waals surface area contributed by atoms with E-state index in [2.05, 4.69) is 4.72 Å². The highest BCUT2D eigenvalue weighted by molar-refractivity contribution is 7.91. The second kappa shape index (κ2) is 7.63. The lowest BCUT2D eigenvalue weighted by Crippen LogP contribution is -2.30. The van der Waals surface area contributed by atoms with Gasteiger partial charge in [0.15, 0.2) is 0 Å². The van der Waals surface area contributed by atoms with E-state index in [9.17, 15) is 18.0 Å². The lowest BCUT2D eigenvalue weighted by molar-refractivity contribution is -0.143. The van der Waals surface area contributed by atoms with Crippen molar-refractivity contribution < 1.29 is 22.4 Å². The molecule has 0 atom stereocenters. The number of carbonyl (C=O) groups is 1. The quantitative estimate of drug-likeness (QED) is 0.497. The summed E-state index contributed by atoms with van der Waals surface area (Å²) in [5.41, 5.74) is 2.22. The van der Waals surface area contributed by atoms with Crippen LogP contribution in [0.3, 0.4) is 0 Å². The summed E-state index contributed by atoms with van der Waals surface area (Å²) in [5.74, 6) is -0.750. The molecule has 0 bridgehead atoms. The minimum Gasteiger partial charge on any atom is -0.460 e. The Labute approximate surface area is 159 Å². The number of hydrogen-bond acceptors (Lipinski definition) is 7. The van der Waals surface area contributed by atoms with E-state index in [1.54, 1.807) is 17.5 Å². The number of ether oxygens (including phenoxy) is 1. The lowest BCUT2D eigenvalue weighted by atomic mass is 10.0. The topological polar surface area (TPSA) is 103 Å². The summed E-state index contributed by atoms with van der Waals surface area (Å²) in [4.78, 5) is 23.7. The molecule has 142 valence electrons. The predicted octanol–water partition coefficient (Wildman–Crippen LogP) is 2.49. The number of fused-ring (bicyclic) bond motifs is 1. The minimum atomic E-state index is -3.74. The van der Waals surface area contributed by atoms with Gasteiger partial charge in [0.2, 0.25) is 0 Å². The van der Waals surface area contributed by atoms with Gasteiger partial charge in [0, 0.05) is 17.0 Å². The van der Waals surface area contributed by atoms with Gasteiger partial charge in [-0.1, -0.05) is 18.2 Å². The molecule has 0 aliphatic heterocycles. The van der Waals surface area contributed by atoms with Gasteiger partial charge in [-0.3, -0.25) is 4.79 Å². The van der Waals surface area contributed by atoms with Crippen molar-refractivity contribution in [3.05, 3.63) is 62.8 Å². The molecule has 3 aromatic rings. The first-order valence-electron chi connectivity index (χ1n) is 7.99. The van der Waals surface area contributed by atoms with Crippen LogP contribution in [0.4, 0.5) is 0 Å². The Bertz CT molecular complexity index is 1150. The zero-order valence-corrected chi connectivity index (χ0v) is 16.3. The molecule has 0 saturated carbocycles. The van der Waals surface area contributed by atoms with Crippen molar-refractivity contribution in [3.63, 3.8) is 0 Å². The molecule has 0 fully saturated rings. The van der Waals surface area contributed by atoms with Crippen molar-refractivity contribution in [2.45, 2.75) is 24.7 Å². The van der Waals surface area contributed by atoms with Crippen LogP contribution in [0.25, 0.3) is 11.0 Å². The molecule has 0 radical (unpaired) electrons. The Morgan fingerprint density at radius 3 is 2.74 bits per heavy atom. The van der Waals surface area contributed by atoms with Crippen LogP contribution in [-0.4, -0.2) is 20.9 Å². The maximum absolute atomic E-state index is 12.0. The monoisotopic (exact) mass is 407 g/mol. The molecule has 3 rings (SSSR count). The lowest BCUT2D eigenvalue weighted by Gasteiger charge is -2.10. The van der Waals surface area contributed by atoms with Gasteiger partial charge in [0.25, 0.3) is 10.0 Å². The molecular formula is C18H17NO6S2. The standard InChI is InChI=1S/C18H17NO6S2/c1-11-5-6-14-13(8-15(20)25-18(14)12(11)2)10-24-16(21)9-19-27(22,23)17-4-3-7-26-17/h3-8,19H,9-10H2,1-2H3. The fourth-order valence-corrected chi connectivity index (χ4v) is 4.50. The zero-order chi connectivity index (χ0) is 19.6. The van der Waals surface area contributed by atoms with Crippen LogP contribution in [0.15, 0.2) is 49.1 Å². The normalized spacial score (nSPS) is 11.6. The third kappa shape index (κ3) is 4.26. The van der Waals surface area contributed by atoms with Gasteiger partial charge in [0.1, 0.15) is 22.9 Å². The molecule has 0 unspecified atom stereocenters. The van der Waals surface area contributed by atoms with E-state index in [1.165, 1.54) is 12.1 Å². The summed E-state index contributed by atoms with van der Waals surface area (Å²) in [6.07, 6.45) is 0. The average molecular weight is 407 g/mol. The first-order chi connectivity index (χ1) is 12.8. The molecule has 27 heavy (non-hydrogen) atoms. The maximum Gasteiger partial charge on any atom is 0.336 e. The van der Waals surface area contributed by atoms with Gasteiger partial charge in [-0.25, -0.2) is 13.2 Å². The third-order valence-corrected chi connectivity index (χ3v) is 6.87. The average Bonchev–Trinajstić information content (AvgIpc) is 3.17. The minimum absolute atomic E-state index is 0.118. The Balaban J connectivity index is 1.71. The van der Waals surface area contributed by atoms with Gasteiger partial charge in [-0.05, 0) is 36.4 Å². The number of carbonyl (C=O) groups excluding carboxylic acids is 1. The van der Waals surface area contributed by atoms with E-state index in [4.69, 9.17) is 9.15 Å². The van der Waals surface area contributed by atoms with Gasteiger partial charge < -0.3 is 9.15 Å². The van der Waals surface area contributed by atoms with Crippen LogP contribution in [0.5, 0.6) is 0 Å². The summed E-state index contributed by atoms with van der Waals surface area (Å²) >= 11 is 1.05. The second-order valence-electron chi connectivity index (χ2n) is 5.89. The third-order valence-electron chi connectivity index (χ3n) is 4.07. The number of esters is 1. The smallest absolute Gasteiger partial charge is 0.336 e. The van der Waals surface area contributed by atoms with Crippen molar-refractivity contribution in [2.24, 2.45) is 0 Å². The number of aryl methyl sites for hydroxylation is 2. The predicted molar refractivity (Wildman–Crippen MR) is 101 cm³/mol. The van der Waals surface area contributed by atoms with Crippen LogP contribution in [0, 0.1) is 13.8 Å². The molecule has 0 spiro atoms. The van der Waals surface area contributed by atoms with Gasteiger partial charge in [-0.15, -0.1) is 11.3 Å². The summed E-state index contributed by atoms with van der Waals surface area (Å²) < 4.78 is 36.7. The van der Waals surface area contributed by atoms with E-state index in [0.717, 1.165) is 22.5 Å². The van der Waals surface area contributed by atoms with Crippen molar-refractivity contribution in [3.8, 4) is 0 Å². The van der Waals surface area contributed by atoms with Crippen molar-refractivity contribution in [2.75, 3.05) is 6.54 Å². The molecule has 0 aliphatic rings. The molecule has 2 heterocycles. The van der Waals surface area contributed by atoms with Crippen molar-refractivity contribution in [1.82, 2.24) is 4.72 Å². The van der Waals surface area contributed by atoms with Crippen LogP contribution < -0.4 is 10.3 Å². The number of nitrogens with one attached hydrogen (secondary N) is 1. The Morgan fingerprint density at radius 2 is 2.04 bits per heavy atom. The van der Waals surface area contributed by atoms with Crippen LogP contribution in [0.2, 0.25) is 0 Å². The number of rotatable bonds is 6. The zero-order valence-electron chi connectivity index (χ0n) is 14.6. The molecular weight excluding hydrogens is 390 g/mol. The first kappa shape index (κ1) is 19.3. The highest BCUT2D eigenvalue weighted by Gasteiger charge is 2.17. The largest absolute Gasteiger partial charge is 0.460 e.